The molecule has 8 heteroatoms. The number of carbonyl (C=O) groups is 2. The zero-order valence-electron chi connectivity index (χ0n) is 16.7. The number of hydrogen-bond acceptors (Lipinski definition) is 4. The Labute approximate surface area is 172 Å². The molecule has 2 amide bonds. The van der Waals surface area contributed by atoms with Crippen LogP contribution < -0.4 is 15.4 Å². The molecule has 0 saturated heterocycles. The Morgan fingerprint density at radius 3 is 2.34 bits per heavy atom. The summed E-state index contributed by atoms with van der Waals surface area (Å²) in [5.41, 5.74) is 2.11. The van der Waals surface area contributed by atoms with Crippen molar-refractivity contribution >= 4 is 21.8 Å². The summed E-state index contributed by atoms with van der Waals surface area (Å²) in [5.74, 6) is -0.364. The number of benzene rings is 2. The van der Waals surface area contributed by atoms with Crippen molar-refractivity contribution in [3.05, 3.63) is 65.2 Å². The maximum Gasteiger partial charge on any atom is 0.251 e. The van der Waals surface area contributed by atoms with E-state index >= 15 is 0 Å². The highest BCUT2D eigenvalue weighted by molar-refractivity contribution is 7.89. The van der Waals surface area contributed by atoms with E-state index < -0.39 is 10.0 Å². The van der Waals surface area contributed by atoms with E-state index in [9.17, 15) is 18.0 Å². The van der Waals surface area contributed by atoms with Crippen molar-refractivity contribution in [1.29, 1.82) is 0 Å². The summed E-state index contributed by atoms with van der Waals surface area (Å²) in [7, 11) is -3.62. The second-order valence-electron chi connectivity index (χ2n) is 6.74. The summed E-state index contributed by atoms with van der Waals surface area (Å²) in [6.07, 6.45) is 0.747. The van der Waals surface area contributed by atoms with Gasteiger partial charge in [0.2, 0.25) is 15.9 Å². The molecule has 0 aliphatic carbocycles. The third kappa shape index (κ3) is 7.32. The van der Waals surface area contributed by atoms with E-state index in [1.165, 1.54) is 0 Å². The predicted octanol–water partition coefficient (Wildman–Crippen LogP) is 1.91. The molecule has 0 spiro atoms. The van der Waals surface area contributed by atoms with Crippen molar-refractivity contribution in [2.45, 2.75) is 31.6 Å². The Hall–Kier alpha value is -2.71. The molecule has 2 aromatic carbocycles. The van der Waals surface area contributed by atoms with Gasteiger partial charge in [-0.05, 0) is 49.6 Å². The molecule has 0 aliphatic heterocycles. The summed E-state index contributed by atoms with van der Waals surface area (Å²) >= 11 is 0. The summed E-state index contributed by atoms with van der Waals surface area (Å²) in [5, 5.41) is 5.43. The van der Waals surface area contributed by atoms with Crippen LogP contribution in [0.2, 0.25) is 0 Å². The lowest BCUT2D eigenvalue weighted by atomic mass is 10.2. The molecule has 0 aliphatic rings. The van der Waals surface area contributed by atoms with E-state index in [1.807, 2.05) is 19.1 Å². The highest BCUT2D eigenvalue weighted by Gasteiger charge is 2.16. The molecule has 2 rings (SSSR count). The quantitative estimate of drug-likeness (QED) is 0.514. The monoisotopic (exact) mass is 417 g/mol. The summed E-state index contributed by atoms with van der Waals surface area (Å²) in [6, 6.07) is 14.1. The van der Waals surface area contributed by atoms with Gasteiger partial charge in [-0.3, -0.25) is 9.59 Å². The average Bonchev–Trinajstić information content (AvgIpc) is 2.71. The number of rotatable bonds is 10. The Morgan fingerprint density at radius 2 is 1.62 bits per heavy atom. The van der Waals surface area contributed by atoms with Gasteiger partial charge in [-0.25, -0.2) is 13.1 Å². The Morgan fingerprint density at radius 1 is 0.897 bits per heavy atom. The van der Waals surface area contributed by atoms with Gasteiger partial charge in [0.1, 0.15) is 0 Å². The van der Waals surface area contributed by atoms with Crippen LogP contribution in [0, 0.1) is 13.8 Å². The van der Waals surface area contributed by atoms with Crippen LogP contribution in [0.25, 0.3) is 0 Å². The van der Waals surface area contributed by atoms with Crippen LogP contribution in [0.4, 0.5) is 0 Å². The molecule has 29 heavy (non-hydrogen) atoms. The first-order valence-corrected chi connectivity index (χ1v) is 10.9. The smallest absolute Gasteiger partial charge is 0.251 e. The van der Waals surface area contributed by atoms with Crippen molar-refractivity contribution in [3.8, 4) is 0 Å². The van der Waals surface area contributed by atoms with Crippen LogP contribution >= 0.6 is 0 Å². The molecule has 2 aromatic rings. The fraction of sp³-hybridized carbons (Fsp3) is 0.333. The van der Waals surface area contributed by atoms with Crippen LogP contribution in [0.1, 0.15) is 34.3 Å². The first-order chi connectivity index (χ1) is 13.8. The van der Waals surface area contributed by atoms with Gasteiger partial charge in [0.15, 0.2) is 0 Å². The molecule has 0 aromatic heterocycles. The molecule has 0 heterocycles. The molecule has 156 valence electrons. The first kappa shape index (κ1) is 22.6. The van der Waals surface area contributed by atoms with Crippen molar-refractivity contribution in [3.63, 3.8) is 0 Å². The summed E-state index contributed by atoms with van der Waals surface area (Å²) < 4.78 is 27.3. The van der Waals surface area contributed by atoms with Gasteiger partial charge in [0, 0.05) is 31.6 Å². The molecule has 0 bridgehead atoms. The third-order valence-corrected chi connectivity index (χ3v) is 5.88. The van der Waals surface area contributed by atoms with Crippen LogP contribution in [0.5, 0.6) is 0 Å². The fourth-order valence-electron chi connectivity index (χ4n) is 2.69. The molecular weight excluding hydrogens is 390 g/mol. The van der Waals surface area contributed by atoms with Crippen LogP contribution in [-0.4, -0.2) is 39.9 Å². The number of aryl methyl sites for hydroxylation is 2. The zero-order valence-corrected chi connectivity index (χ0v) is 17.5. The van der Waals surface area contributed by atoms with Gasteiger partial charge in [-0.15, -0.1) is 0 Å². The second kappa shape index (κ2) is 10.7. The minimum atomic E-state index is -3.62. The lowest BCUT2D eigenvalue weighted by Crippen LogP contribution is -2.35. The topological polar surface area (TPSA) is 104 Å². The van der Waals surface area contributed by atoms with E-state index in [0.29, 0.717) is 24.1 Å². The third-order valence-electron chi connectivity index (χ3n) is 4.27. The number of nitrogens with one attached hydrogen (secondary N) is 3. The molecular formula is C21H27N3O4S. The standard InChI is InChI=1S/C21H27N3O4S/c1-16-10-11-17(2)19(15-16)29(27,28)24-14-13-22-20(25)9-6-12-23-21(26)18-7-4-3-5-8-18/h3-5,7-8,10-11,15,24H,6,9,12-14H2,1-2H3,(H,22,25)(H,23,26). The lowest BCUT2D eigenvalue weighted by Gasteiger charge is -2.11. The van der Waals surface area contributed by atoms with Gasteiger partial charge < -0.3 is 10.6 Å². The maximum absolute atomic E-state index is 12.4. The number of amides is 2. The van der Waals surface area contributed by atoms with E-state index in [2.05, 4.69) is 15.4 Å². The van der Waals surface area contributed by atoms with Crippen molar-refractivity contribution in [2.75, 3.05) is 19.6 Å². The SMILES string of the molecule is Cc1ccc(C)c(S(=O)(=O)NCCNC(=O)CCCNC(=O)c2ccccc2)c1. The fourth-order valence-corrected chi connectivity index (χ4v) is 4.05. The molecule has 7 nitrogen and oxygen atoms in total. The zero-order chi connectivity index (χ0) is 21.3. The second-order valence-corrected chi connectivity index (χ2v) is 8.48. The molecule has 0 fully saturated rings. The highest BCUT2D eigenvalue weighted by atomic mass is 32.2. The van der Waals surface area contributed by atoms with Gasteiger partial charge in [0.05, 0.1) is 4.90 Å². The average molecular weight is 418 g/mol. The van der Waals surface area contributed by atoms with Crippen LogP contribution in [-0.2, 0) is 14.8 Å². The van der Waals surface area contributed by atoms with Gasteiger partial charge in [0.25, 0.3) is 5.91 Å². The number of hydrogen-bond donors (Lipinski definition) is 3. The van der Waals surface area contributed by atoms with E-state index in [4.69, 9.17) is 0 Å². The van der Waals surface area contributed by atoms with Crippen LogP contribution in [0.3, 0.4) is 0 Å². The predicted molar refractivity (Wildman–Crippen MR) is 112 cm³/mol. The molecule has 0 atom stereocenters. The number of carbonyl (C=O) groups excluding carboxylic acids is 2. The minimum Gasteiger partial charge on any atom is -0.355 e. The Bertz CT molecular complexity index is 944. The molecule has 0 saturated carbocycles. The van der Waals surface area contributed by atoms with Gasteiger partial charge >= 0.3 is 0 Å². The van der Waals surface area contributed by atoms with Crippen LogP contribution in [0.15, 0.2) is 53.4 Å². The Balaban J connectivity index is 1.64. The minimum absolute atomic E-state index is 0.103. The normalized spacial score (nSPS) is 11.1. The number of sulfonamides is 1. The maximum atomic E-state index is 12.4. The first-order valence-electron chi connectivity index (χ1n) is 9.46. The van der Waals surface area contributed by atoms with Gasteiger partial charge in [-0.2, -0.15) is 0 Å². The van der Waals surface area contributed by atoms with Crippen molar-refractivity contribution in [2.24, 2.45) is 0 Å². The lowest BCUT2D eigenvalue weighted by molar-refractivity contribution is -0.121. The molecule has 0 unspecified atom stereocenters. The summed E-state index contributed by atoms with van der Waals surface area (Å²) in [6.45, 7) is 4.26. The Kier molecular flexibility index (Phi) is 8.35. The van der Waals surface area contributed by atoms with Crippen molar-refractivity contribution < 1.29 is 18.0 Å². The van der Waals surface area contributed by atoms with E-state index in [1.54, 1.807) is 43.3 Å². The van der Waals surface area contributed by atoms with E-state index in [0.717, 1.165) is 5.56 Å². The summed E-state index contributed by atoms with van der Waals surface area (Å²) in [4.78, 5) is 24.0. The van der Waals surface area contributed by atoms with E-state index in [-0.39, 0.29) is 36.2 Å². The van der Waals surface area contributed by atoms with Crippen molar-refractivity contribution in [1.82, 2.24) is 15.4 Å². The molecule has 0 radical (unpaired) electrons. The van der Waals surface area contributed by atoms with Gasteiger partial charge in [-0.1, -0.05) is 30.3 Å². The largest absolute Gasteiger partial charge is 0.355 e. The molecule has 3 N–H and O–H groups in total. The highest BCUT2D eigenvalue weighted by Crippen LogP contribution is 2.16.